The third kappa shape index (κ3) is 3.21. The number of hydrogen-bond donors (Lipinski definition) is 1. The van der Waals surface area contributed by atoms with E-state index >= 15 is 0 Å². The third-order valence-electron chi connectivity index (χ3n) is 3.40. The van der Waals surface area contributed by atoms with Crippen molar-refractivity contribution in [3.63, 3.8) is 0 Å². The molecule has 1 aromatic heterocycles. The van der Waals surface area contributed by atoms with Gasteiger partial charge in [0.05, 0.1) is 5.69 Å². The molecule has 2 rings (SSSR count). The molecule has 0 amide bonds. The predicted octanol–water partition coefficient (Wildman–Crippen LogP) is 1.33. The Morgan fingerprint density at radius 1 is 1.44 bits per heavy atom. The Labute approximate surface area is 110 Å². The molecule has 1 saturated heterocycles. The first kappa shape index (κ1) is 13.3. The molecule has 1 aromatic rings. The van der Waals surface area contributed by atoms with Crippen LogP contribution >= 0.6 is 0 Å². The Hall–Kier alpha value is -1.13. The Bertz CT molecular complexity index is 378. The maximum atomic E-state index is 4.75. The fourth-order valence-corrected chi connectivity index (χ4v) is 2.66. The highest BCUT2D eigenvalue weighted by molar-refractivity contribution is 5.42. The Morgan fingerprint density at radius 2 is 2.28 bits per heavy atom. The van der Waals surface area contributed by atoms with Crippen molar-refractivity contribution in [1.82, 2.24) is 15.2 Å². The fourth-order valence-electron chi connectivity index (χ4n) is 2.66. The van der Waals surface area contributed by atoms with Gasteiger partial charge in [0, 0.05) is 25.7 Å². The van der Waals surface area contributed by atoms with Crippen LogP contribution in [0, 0.1) is 0 Å². The third-order valence-corrected chi connectivity index (χ3v) is 3.40. The average molecular weight is 248 g/mol. The summed E-state index contributed by atoms with van der Waals surface area (Å²) in [6.45, 7) is 3.08. The topological polar surface area (TPSA) is 31.4 Å². The molecular weight excluding hydrogens is 224 g/mol. The van der Waals surface area contributed by atoms with E-state index in [0.717, 1.165) is 31.1 Å². The summed E-state index contributed by atoms with van der Waals surface area (Å²) >= 11 is 0. The molecule has 2 heterocycles. The van der Waals surface area contributed by atoms with Gasteiger partial charge < -0.3 is 15.1 Å². The van der Waals surface area contributed by atoms with Crippen LogP contribution in [0.2, 0.25) is 0 Å². The van der Waals surface area contributed by atoms with Crippen LogP contribution in [0.4, 0.5) is 5.82 Å². The Morgan fingerprint density at radius 3 is 3.00 bits per heavy atom. The summed E-state index contributed by atoms with van der Waals surface area (Å²) in [6, 6.07) is 6.93. The summed E-state index contributed by atoms with van der Waals surface area (Å²) in [4.78, 5) is 9.47. The number of pyridine rings is 1. The zero-order chi connectivity index (χ0) is 13.0. The summed E-state index contributed by atoms with van der Waals surface area (Å²) in [5.74, 6) is 1.13. The normalized spacial score (nSPS) is 19.8. The molecule has 4 nitrogen and oxygen atoms in total. The zero-order valence-corrected chi connectivity index (χ0v) is 11.7. The second kappa shape index (κ2) is 6.16. The molecule has 4 heteroatoms. The van der Waals surface area contributed by atoms with Gasteiger partial charge in [-0.25, -0.2) is 4.98 Å². The van der Waals surface area contributed by atoms with Crippen molar-refractivity contribution in [1.29, 1.82) is 0 Å². The molecule has 100 valence electrons. The Kier molecular flexibility index (Phi) is 4.55. The van der Waals surface area contributed by atoms with Gasteiger partial charge in [-0.1, -0.05) is 6.07 Å². The van der Waals surface area contributed by atoms with Crippen LogP contribution in [0.1, 0.15) is 18.5 Å². The predicted molar refractivity (Wildman–Crippen MR) is 75.9 cm³/mol. The van der Waals surface area contributed by atoms with E-state index in [1.165, 1.54) is 12.8 Å². The van der Waals surface area contributed by atoms with Crippen LogP contribution in [0.25, 0.3) is 0 Å². The fraction of sp³-hybridized carbons (Fsp3) is 0.643. The number of aromatic nitrogens is 1. The number of anilines is 1. The smallest absolute Gasteiger partial charge is 0.129 e. The van der Waals surface area contributed by atoms with E-state index in [-0.39, 0.29) is 0 Å². The molecule has 0 saturated carbocycles. The van der Waals surface area contributed by atoms with Gasteiger partial charge >= 0.3 is 0 Å². The van der Waals surface area contributed by atoms with Crippen LogP contribution in [-0.4, -0.2) is 50.2 Å². The quantitative estimate of drug-likeness (QED) is 0.852. The van der Waals surface area contributed by atoms with E-state index in [0.29, 0.717) is 6.04 Å². The first-order valence-electron chi connectivity index (χ1n) is 6.72. The summed E-state index contributed by atoms with van der Waals surface area (Å²) in [7, 11) is 6.24. The first-order valence-corrected chi connectivity index (χ1v) is 6.72. The van der Waals surface area contributed by atoms with Gasteiger partial charge in [0.25, 0.3) is 0 Å². The second-order valence-electron chi connectivity index (χ2n) is 5.27. The van der Waals surface area contributed by atoms with Gasteiger partial charge in [0.15, 0.2) is 0 Å². The number of hydrogen-bond acceptors (Lipinski definition) is 4. The highest BCUT2D eigenvalue weighted by atomic mass is 15.3. The molecule has 1 unspecified atom stereocenters. The van der Waals surface area contributed by atoms with Crippen LogP contribution in [0.5, 0.6) is 0 Å². The van der Waals surface area contributed by atoms with Crippen molar-refractivity contribution >= 4 is 5.82 Å². The van der Waals surface area contributed by atoms with E-state index in [4.69, 9.17) is 4.98 Å². The number of rotatable bonds is 5. The molecule has 0 aromatic carbocycles. The van der Waals surface area contributed by atoms with E-state index in [2.05, 4.69) is 47.4 Å². The standard InChI is InChI=1S/C14H24N4/c1-15-10-12-6-4-8-14(16-12)18-9-5-7-13(18)11-17(2)3/h4,6,8,13,15H,5,7,9-11H2,1-3H3. The molecular formula is C14H24N4. The molecule has 1 N–H and O–H groups in total. The second-order valence-corrected chi connectivity index (χ2v) is 5.27. The summed E-state index contributed by atoms with van der Waals surface area (Å²) < 4.78 is 0. The minimum atomic E-state index is 0.609. The lowest BCUT2D eigenvalue weighted by molar-refractivity contribution is 0.371. The summed E-state index contributed by atoms with van der Waals surface area (Å²) in [5, 5.41) is 3.16. The largest absolute Gasteiger partial charge is 0.352 e. The lowest BCUT2D eigenvalue weighted by atomic mass is 10.2. The molecule has 0 radical (unpaired) electrons. The van der Waals surface area contributed by atoms with Gasteiger partial charge in [-0.3, -0.25) is 0 Å². The van der Waals surface area contributed by atoms with Gasteiger partial charge in [-0.2, -0.15) is 0 Å². The molecule has 0 spiro atoms. The molecule has 1 fully saturated rings. The number of nitrogens with one attached hydrogen (secondary N) is 1. The van der Waals surface area contributed by atoms with Gasteiger partial charge in [0.2, 0.25) is 0 Å². The van der Waals surface area contributed by atoms with Crippen molar-refractivity contribution in [2.24, 2.45) is 0 Å². The highest BCUT2D eigenvalue weighted by Crippen LogP contribution is 2.24. The maximum absolute atomic E-state index is 4.75. The molecule has 1 aliphatic heterocycles. The lowest BCUT2D eigenvalue weighted by Gasteiger charge is -2.28. The van der Waals surface area contributed by atoms with Crippen LogP contribution < -0.4 is 10.2 Å². The lowest BCUT2D eigenvalue weighted by Crippen LogP contribution is -2.38. The van der Waals surface area contributed by atoms with Crippen LogP contribution in [0.15, 0.2) is 18.2 Å². The highest BCUT2D eigenvalue weighted by Gasteiger charge is 2.25. The zero-order valence-electron chi connectivity index (χ0n) is 11.7. The van der Waals surface area contributed by atoms with Crippen molar-refractivity contribution in [2.75, 3.05) is 39.1 Å². The van der Waals surface area contributed by atoms with E-state index < -0.39 is 0 Å². The maximum Gasteiger partial charge on any atom is 0.129 e. The summed E-state index contributed by atoms with van der Waals surface area (Å²) in [6.07, 6.45) is 2.55. The number of nitrogens with zero attached hydrogens (tertiary/aromatic N) is 3. The van der Waals surface area contributed by atoms with Gasteiger partial charge in [-0.05, 0) is 46.1 Å². The minimum Gasteiger partial charge on any atom is -0.352 e. The molecule has 18 heavy (non-hydrogen) atoms. The number of likely N-dealkylation sites (N-methyl/N-ethyl adjacent to an activating group) is 1. The van der Waals surface area contributed by atoms with E-state index in [1.807, 2.05) is 7.05 Å². The van der Waals surface area contributed by atoms with Crippen molar-refractivity contribution in [3.05, 3.63) is 23.9 Å². The van der Waals surface area contributed by atoms with Crippen molar-refractivity contribution in [2.45, 2.75) is 25.4 Å². The van der Waals surface area contributed by atoms with E-state index in [1.54, 1.807) is 0 Å². The molecule has 0 bridgehead atoms. The average Bonchev–Trinajstić information content (AvgIpc) is 2.77. The van der Waals surface area contributed by atoms with Crippen molar-refractivity contribution < 1.29 is 0 Å². The minimum absolute atomic E-state index is 0.609. The molecule has 0 aliphatic carbocycles. The van der Waals surface area contributed by atoms with Gasteiger partial charge in [-0.15, -0.1) is 0 Å². The molecule has 1 atom stereocenters. The SMILES string of the molecule is CNCc1cccc(N2CCCC2CN(C)C)n1. The van der Waals surface area contributed by atoms with E-state index in [9.17, 15) is 0 Å². The van der Waals surface area contributed by atoms with Crippen molar-refractivity contribution in [3.8, 4) is 0 Å². The molecule has 1 aliphatic rings. The Balaban J connectivity index is 2.11. The monoisotopic (exact) mass is 248 g/mol. The van der Waals surface area contributed by atoms with Crippen LogP contribution in [-0.2, 0) is 6.54 Å². The summed E-state index contributed by atoms with van der Waals surface area (Å²) in [5.41, 5.74) is 1.12. The first-order chi connectivity index (χ1) is 8.70. The van der Waals surface area contributed by atoms with Gasteiger partial charge in [0.1, 0.15) is 5.82 Å². The van der Waals surface area contributed by atoms with Crippen LogP contribution in [0.3, 0.4) is 0 Å².